The minimum atomic E-state index is -1.40. The molecule has 0 radical (unpaired) electrons. The third-order valence-corrected chi connectivity index (χ3v) is 2.64. The van der Waals surface area contributed by atoms with Crippen molar-refractivity contribution in [1.29, 1.82) is 2.86 Å². The normalized spacial score (nSPS) is 38.1. The minimum absolute atomic E-state index is 0.0233. The molecule has 16 heavy (non-hydrogen) atoms. The molecule has 0 aromatic rings. The van der Waals surface area contributed by atoms with E-state index in [9.17, 15) is 4.79 Å². The number of rotatable bonds is 7. The summed E-state index contributed by atoms with van der Waals surface area (Å²) in [7, 11) is 0. The van der Waals surface area contributed by atoms with Gasteiger partial charge in [0.1, 0.15) is 18.8 Å². The molecule has 0 aliphatic carbocycles. The average molecular weight is 278 g/mol. The standard InChI is InChI=1S/C8H14O6S2/c1-15-12-3-4-7(14-16-2)5(9)6(10)8(11)13-4/h4-7,9-10H,3H2,1-2H3/t4-,5-,6-,7-/m1/s1/i1T,2T,9T,10T. The van der Waals surface area contributed by atoms with Crippen molar-refractivity contribution < 1.29 is 30.9 Å². The summed E-state index contributed by atoms with van der Waals surface area (Å²) in [6.07, 6.45) is -4.47. The summed E-state index contributed by atoms with van der Waals surface area (Å²) >= 11 is 1.65. The summed E-state index contributed by atoms with van der Waals surface area (Å²) < 4.78 is 43.2. The first-order valence-electron chi connectivity index (χ1n) is 6.48. The number of esters is 1. The van der Waals surface area contributed by atoms with Gasteiger partial charge in [0.2, 0.25) is 2.86 Å². The van der Waals surface area contributed by atoms with Crippen LogP contribution in [0.25, 0.3) is 0 Å². The summed E-state index contributed by atoms with van der Waals surface area (Å²) in [6, 6.07) is 0. The lowest BCUT2D eigenvalue weighted by Gasteiger charge is -2.35. The van der Waals surface area contributed by atoms with Gasteiger partial charge in [-0.15, -0.1) is 0 Å². The van der Waals surface area contributed by atoms with Gasteiger partial charge >= 0.3 is 5.97 Å². The summed E-state index contributed by atoms with van der Waals surface area (Å²) in [6.45, 7) is -0.0664. The highest BCUT2D eigenvalue weighted by atomic mass is 32.2. The molecule has 2 N–H and O–H groups in total. The maximum Gasteiger partial charge on any atom is 0.338 e. The van der Waals surface area contributed by atoms with E-state index in [-0.39, 0.29) is 19.1 Å². The Kier molecular flexibility index (Phi) is 3.76. The summed E-state index contributed by atoms with van der Waals surface area (Å²) in [4.78, 5) is 11.6. The van der Waals surface area contributed by atoms with Crippen molar-refractivity contribution in [1.82, 2.24) is 0 Å². The molecular formula is C8H14O6S2. The lowest BCUT2D eigenvalue weighted by molar-refractivity contribution is -0.199. The van der Waals surface area contributed by atoms with Crippen LogP contribution in [0.1, 0.15) is 2.74 Å². The minimum Gasteiger partial charge on any atom is -0.455 e. The number of hydrogen-bond donors (Lipinski definition) is 2. The SMILES string of the molecule is [3H]CSOC[C@H]1OC(=O)[C@H](O[3H])[C@@H](O[3H])[C@@H]1OSC[3H]. The number of ether oxygens (including phenoxy) is 1. The highest BCUT2D eigenvalue weighted by molar-refractivity contribution is 7.94. The van der Waals surface area contributed by atoms with Crippen molar-refractivity contribution in [3.8, 4) is 0 Å². The number of carbonyl (C=O) groups excluding carboxylic acids is 1. The molecule has 4 atom stereocenters. The maximum absolute atomic E-state index is 11.6. The number of aliphatic hydroxyl groups is 2. The first-order chi connectivity index (χ1) is 9.69. The van der Waals surface area contributed by atoms with Gasteiger partial charge in [0.15, 0.2) is 12.2 Å². The van der Waals surface area contributed by atoms with Gasteiger partial charge in [0, 0.05) is 15.2 Å². The third-order valence-electron chi connectivity index (χ3n) is 1.98. The monoisotopic (exact) mass is 278 g/mol. The summed E-state index contributed by atoms with van der Waals surface area (Å²) in [5.41, 5.74) is 0. The molecule has 1 aliphatic heterocycles. The average Bonchev–Trinajstić information content (AvgIpc) is 2.45. The summed E-state index contributed by atoms with van der Waals surface area (Å²) in [5, 5.41) is 8.63. The molecule has 94 valence electrons. The molecule has 1 aliphatic rings. The Hall–Kier alpha value is 0.0100. The smallest absolute Gasteiger partial charge is 0.338 e. The maximum atomic E-state index is 11.6. The van der Waals surface area contributed by atoms with E-state index >= 15 is 0 Å². The van der Waals surface area contributed by atoms with E-state index in [0.29, 0.717) is 0 Å². The predicted molar refractivity (Wildman–Crippen MR) is 59.7 cm³/mol. The van der Waals surface area contributed by atoms with Crippen LogP contribution in [0.3, 0.4) is 0 Å². The molecule has 1 rings (SSSR count). The van der Waals surface area contributed by atoms with Gasteiger partial charge in [-0.3, -0.25) is 0 Å². The molecule has 8 heteroatoms. The van der Waals surface area contributed by atoms with Crippen LogP contribution in [0.2, 0.25) is 0 Å². The second-order valence-corrected chi connectivity index (χ2v) is 3.84. The largest absolute Gasteiger partial charge is 0.455 e. The second-order valence-electron chi connectivity index (χ2n) is 2.94. The van der Waals surface area contributed by atoms with E-state index in [1.165, 1.54) is 0 Å². The zero-order valence-corrected chi connectivity index (χ0v) is 9.83. The van der Waals surface area contributed by atoms with Gasteiger partial charge in [-0.05, 0) is 24.1 Å². The molecule has 0 unspecified atom stereocenters. The molecular weight excluding hydrogens is 256 g/mol. The molecule has 0 spiro atoms. The van der Waals surface area contributed by atoms with Crippen molar-refractivity contribution >= 4 is 30.1 Å². The fourth-order valence-corrected chi connectivity index (χ4v) is 1.86. The van der Waals surface area contributed by atoms with Gasteiger partial charge in [-0.25, -0.2) is 4.79 Å². The Morgan fingerprint density at radius 3 is 3.12 bits per heavy atom. The van der Waals surface area contributed by atoms with E-state index in [0.717, 1.165) is 24.1 Å². The second kappa shape index (κ2) is 6.67. The highest BCUT2D eigenvalue weighted by Crippen LogP contribution is 2.23. The van der Waals surface area contributed by atoms with E-state index in [1.807, 2.05) is 0 Å². The lowest BCUT2D eigenvalue weighted by atomic mass is 10.0. The molecule has 0 bridgehead atoms. The fraction of sp³-hybridized carbons (Fsp3) is 0.875. The van der Waals surface area contributed by atoms with E-state index in [4.69, 9.17) is 18.7 Å². The van der Waals surface area contributed by atoms with Crippen molar-refractivity contribution in [3.05, 3.63) is 0 Å². The summed E-state index contributed by atoms with van der Waals surface area (Å²) in [5.74, 6) is -0.850. The predicted octanol–water partition coefficient (Wildman–Crippen LogP) is -0.409. The Balaban J connectivity index is 2.75. The lowest BCUT2D eigenvalue weighted by Crippen LogP contribution is -2.57. The van der Waals surface area contributed by atoms with Crippen molar-refractivity contribution in [2.75, 3.05) is 19.1 Å². The molecule has 0 aromatic carbocycles. The van der Waals surface area contributed by atoms with E-state index in [1.54, 1.807) is 0 Å². The number of aliphatic hydroxyl groups excluding tert-OH is 2. The molecule has 1 saturated heterocycles. The van der Waals surface area contributed by atoms with Crippen LogP contribution in [-0.4, -0.2) is 62.5 Å². The molecule has 1 fully saturated rings. The zero-order chi connectivity index (χ0) is 15.0. The number of cyclic esters (lactones) is 1. The van der Waals surface area contributed by atoms with Crippen molar-refractivity contribution in [2.24, 2.45) is 0 Å². The quantitative estimate of drug-likeness (QED) is 0.369. The Morgan fingerprint density at radius 1 is 1.56 bits per heavy atom. The fourth-order valence-electron chi connectivity index (χ4n) is 1.24. The van der Waals surface area contributed by atoms with Crippen LogP contribution in [0, 0.1) is 0 Å². The van der Waals surface area contributed by atoms with Gasteiger partial charge in [0.05, 0.1) is 0 Å². The topological polar surface area (TPSA) is 85.2 Å². The van der Waals surface area contributed by atoms with Crippen LogP contribution >= 0.6 is 24.1 Å². The number of hydrogen-bond acceptors (Lipinski definition) is 8. The number of carbonyl (C=O) groups is 1. The Labute approximate surface area is 108 Å². The van der Waals surface area contributed by atoms with Gasteiger partial charge in [-0.1, -0.05) is 0 Å². The van der Waals surface area contributed by atoms with Crippen LogP contribution in [0.4, 0.5) is 0 Å². The molecule has 1 heterocycles. The zero-order valence-electron chi connectivity index (χ0n) is 12.2. The van der Waals surface area contributed by atoms with Crippen LogP contribution in [-0.2, 0) is 17.9 Å². The van der Waals surface area contributed by atoms with Crippen LogP contribution < -0.4 is 0 Å². The highest BCUT2D eigenvalue weighted by Gasteiger charge is 2.45. The molecule has 0 amide bonds. The van der Waals surface area contributed by atoms with Gasteiger partial charge in [0.25, 0.3) is 0 Å². The first-order valence-corrected chi connectivity index (χ1v) is 6.07. The Bertz CT molecular complexity index is 302. The van der Waals surface area contributed by atoms with E-state index in [2.05, 4.69) is 10.2 Å². The Morgan fingerprint density at radius 2 is 2.44 bits per heavy atom. The third kappa shape index (κ3) is 3.25. The van der Waals surface area contributed by atoms with Gasteiger partial charge < -0.3 is 23.3 Å². The molecule has 0 saturated carbocycles. The molecule has 6 nitrogen and oxygen atoms in total. The van der Waals surface area contributed by atoms with Crippen molar-refractivity contribution in [3.63, 3.8) is 0 Å². The van der Waals surface area contributed by atoms with Crippen LogP contribution in [0.15, 0.2) is 0 Å². The van der Waals surface area contributed by atoms with Crippen LogP contribution in [0.5, 0.6) is 0 Å². The van der Waals surface area contributed by atoms with E-state index < -0.39 is 30.4 Å². The van der Waals surface area contributed by atoms with Crippen molar-refractivity contribution in [2.45, 2.75) is 24.4 Å². The van der Waals surface area contributed by atoms with Gasteiger partial charge in [-0.2, -0.15) is 0 Å². The first kappa shape index (κ1) is 9.01. The molecule has 0 aromatic heterocycles.